The van der Waals surface area contributed by atoms with E-state index in [0.29, 0.717) is 36.3 Å². The van der Waals surface area contributed by atoms with E-state index in [1.165, 1.54) is 6.07 Å². The van der Waals surface area contributed by atoms with Gasteiger partial charge in [0.25, 0.3) is 0 Å². The van der Waals surface area contributed by atoms with Gasteiger partial charge in [-0.3, -0.25) is 4.79 Å². The number of amides is 1. The quantitative estimate of drug-likeness (QED) is 0.742. The molecule has 1 heterocycles. The summed E-state index contributed by atoms with van der Waals surface area (Å²) in [6.45, 7) is 0.243. The van der Waals surface area contributed by atoms with Crippen molar-refractivity contribution in [3.63, 3.8) is 0 Å². The van der Waals surface area contributed by atoms with Crippen LogP contribution in [0.2, 0.25) is 0 Å². The molecule has 1 aliphatic heterocycles. The Labute approximate surface area is 104 Å². The average molecular weight is 251 g/mol. The van der Waals surface area contributed by atoms with Crippen molar-refractivity contribution in [2.75, 3.05) is 18.5 Å². The molecule has 0 atom stereocenters. The summed E-state index contributed by atoms with van der Waals surface area (Å²) in [5.41, 5.74) is 4.04. The molecule has 0 unspecified atom stereocenters. The van der Waals surface area contributed by atoms with Crippen LogP contribution in [0.1, 0.15) is 18.4 Å². The molecule has 1 aliphatic rings. The number of benzene rings is 1. The monoisotopic (exact) mass is 251 g/mol. The molecule has 0 aromatic heterocycles. The normalized spacial score (nSPS) is 15.0. The van der Waals surface area contributed by atoms with E-state index in [1.54, 1.807) is 12.1 Å². The second kappa shape index (κ2) is 5.59. The maximum atomic E-state index is 13.7. The fourth-order valence-corrected chi connectivity index (χ4v) is 1.71. The van der Waals surface area contributed by atoms with E-state index in [4.69, 9.17) is 5.11 Å². The van der Waals surface area contributed by atoms with Gasteiger partial charge >= 0.3 is 0 Å². The molecule has 3 N–H and O–H groups in total. The van der Waals surface area contributed by atoms with Gasteiger partial charge in [-0.15, -0.1) is 0 Å². The van der Waals surface area contributed by atoms with Gasteiger partial charge in [0.15, 0.2) is 0 Å². The van der Waals surface area contributed by atoms with Crippen LogP contribution >= 0.6 is 0 Å². The number of anilines is 1. The fraction of sp³-hybridized carbons (Fsp3) is 0.333. The first-order valence-electron chi connectivity index (χ1n) is 5.71. The van der Waals surface area contributed by atoms with Crippen LogP contribution in [0.15, 0.2) is 23.3 Å². The highest BCUT2D eigenvalue weighted by Crippen LogP contribution is 2.18. The summed E-state index contributed by atoms with van der Waals surface area (Å²) in [7, 11) is 0. The van der Waals surface area contributed by atoms with E-state index in [1.807, 2.05) is 0 Å². The van der Waals surface area contributed by atoms with Gasteiger partial charge in [-0.1, -0.05) is 6.07 Å². The highest BCUT2D eigenvalue weighted by molar-refractivity contribution is 6.04. The van der Waals surface area contributed by atoms with Crippen LogP contribution in [-0.2, 0) is 4.79 Å². The molecule has 0 spiro atoms. The lowest BCUT2D eigenvalue weighted by molar-refractivity contribution is -0.121. The van der Waals surface area contributed by atoms with Crippen molar-refractivity contribution < 1.29 is 14.3 Å². The number of nitrogens with one attached hydrogen (secondary N) is 2. The second-order valence-electron chi connectivity index (χ2n) is 3.94. The van der Waals surface area contributed by atoms with Gasteiger partial charge in [0, 0.05) is 24.9 Å². The van der Waals surface area contributed by atoms with E-state index in [-0.39, 0.29) is 12.5 Å². The number of hydrogen-bond donors (Lipinski definition) is 3. The van der Waals surface area contributed by atoms with Gasteiger partial charge in [-0.25, -0.2) is 9.82 Å². The molecule has 0 fully saturated rings. The van der Waals surface area contributed by atoms with Crippen molar-refractivity contribution in [2.24, 2.45) is 5.10 Å². The molecule has 0 aliphatic carbocycles. The molecular weight excluding hydrogens is 237 g/mol. The molecule has 2 rings (SSSR count). The summed E-state index contributed by atoms with van der Waals surface area (Å²) in [5, 5.41) is 15.3. The molecule has 1 aromatic rings. The predicted octanol–water partition coefficient (Wildman–Crippen LogP) is 0.844. The third-order valence-electron chi connectivity index (χ3n) is 2.63. The molecule has 0 radical (unpaired) electrons. The molecule has 0 saturated carbocycles. The summed E-state index contributed by atoms with van der Waals surface area (Å²) in [4.78, 5) is 11.0. The number of nitrogens with zero attached hydrogens (tertiary/aromatic N) is 1. The largest absolute Gasteiger partial charge is 0.395 e. The van der Waals surface area contributed by atoms with Crippen LogP contribution in [0.5, 0.6) is 0 Å². The minimum atomic E-state index is -0.402. The Morgan fingerprint density at radius 3 is 2.89 bits per heavy atom. The van der Waals surface area contributed by atoms with Gasteiger partial charge in [0.1, 0.15) is 5.82 Å². The Balaban J connectivity index is 2.16. The van der Waals surface area contributed by atoms with Crippen molar-refractivity contribution in [1.29, 1.82) is 0 Å². The maximum absolute atomic E-state index is 13.7. The summed E-state index contributed by atoms with van der Waals surface area (Å²) >= 11 is 0. The fourth-order valence-electron chi connectivity index (χ4n) is 1.71. The van der Waals surface area contributed by atoms with Crippen molar-refractivity contribution in [3.8, 4) is 0 Å². The zero-order valence-corrected chi connectivity index (χ0v) is 9.74. The number of carbonyl (C=O) groups is 1. The van der Waals surface area contributed by atoms with Gasteiger partial charge in [-0.2, -0.15) is 5.10 Å². The minimum absolute atomic E-state index is 0.0556. The standard InChI is InChI=1S/C12H14FN3O2/c13-9-7-8(1-2-11(9)14-5-6-17)10-3-4-12(18)16-15-10/h1-2,7,14,17H,3-6H2,(H,16,18). The second-order valence-corrected chi connectivity index (χ2v) is 3.94. The Morgan fingerprint density at radius 1 is 1.44 bits per heavy atom. The van der Waals surface area contributed by atoms with Crippen molar-refractivity contribution in [1.82, 2.24) is 5.43 Å². The molecule has 6 heteroatoms. The van der Waals surface area contributed by atoms with E-state index in [2.05, 4.69) is 15.8 Å². The number of halogens is 1. The van der Waals surface area contributed by atoms with Crippen molar-refractivity contribution in [3.05, 3.63) is 29.6 Å². The van der Waals surface area contributed by atoms with Crippen LogP contribution in [0.3, 0.4) is 0 Å². The van der Waals surface area contributed by atoms with Gasteiger partial charge in [0.2, 0.25) is 5.91 Å². The predicted molar refractivity (Wildman–Crippen MR) is 65.9 cm³/mol. The summed E-state index contributed by atoms with van der Waals surface area (Å²) in [6, 6.07) is 4.70. The van der Waals surface area contributed by atoms with Crippen LogP contribution in [0, 0.1) is 5.82 Å². The van der Waals surface area contributed by atoms with Gasteiger partial charge in [-0.05, 0) is 12.1 Å². The Kier molecular flexibility index (Phi) is 3.88. The molecule has 0 saturated heterocycles. The average Bonchev–Trinajstić information content (AvgIpc) is 2.38. The van der Waals surface area contributed by atoms with Crippen molar-refractivity contribution in [2.45, 2.75) is 12.8 Å². The first-order valence-corrected chi connectivity index (χ1v) is 5.71. The summed E-state index contributed by atoms with van der Waals surface area (Å²) in [6.07, 6.45) is 0.875. The van der Waals surface area contributed by atoms with E-state index in [9.17, 15) is 9.18 Å². The Hall–Kier alpha value is -1.95. The smallest absolute Gasteiger partial charge is 0.240 e. The SMILES string of the molecule is O=C1CCC(c2ccc(NCCO)c(F)c2)=NN1. The zero-order chi connectivity index (χ0) is 13.0. The van der Waals surface area contributed by atoms with E-state index in [0.717, 1.165) is 0 Å². The Morgan fingerprint density at radius 2 is 2.28 bits per heavy atom. The first-order chi connectivity index (χ1) is 8.70. The lowest BCUT2D eigenvalue weighted by Crippen LogP contribution is -2.26. The van der Waals surface area contributed by atoms with Crippen LogP contribution < -0.4 is 10.7 Å². The number of hydrogen-bond acceptors (Lipinski definition) is 4. The number of hydrazone groups is 1. The lowest BCUT2D eigenvalue weighted by atomic mass is 10.0. The molecule has 5 nitrogen and oxygen atoms in total. The molecule has 0 bridgehead atoms. The van der Waals surface area contributed by atoms with Crippen LogP contribution in [-0.4, -0.2) is 29.9 Å². The number of rotatable bonds is 4. The summed E-state index contributed by atoms with van der Waals surface area (Å²) in [5.74, 6) is -0.527. The molecular formula is C12H14FN3O2. The Bertz CT molecular complexity index is 488. The highest BCUT2D eigenvalue weighted by Gasteiger charge is 2.14. The van der Waals surface area contributed by atoms with Crippen LogP contribution in [0.4, 0.5) is 10.1 Å². The molecule has 18 heavy (non-hydrogen) atoms. The van der Waals surface area contributed by atoms with E-state index < -0.39 is 5.82 Å². The maximum Gasteiger partial charge on any atom is 0.240 e. The third-order valence-corrected chi connectivity index (χ3v) is 2.63. The molecule has 1 amide bonds. The summed E-state index contributed by atoms with van der Waals surface area (Å²) < 4.78 is 13.7. The minimum Gasteiger partial charge on any atom is -0.395 e. The number of aliphatic hydroxyl groups excluding tert-OH is 1. The van der Waals surface area contributed by atoms with Crippen molar-refractivity contribution >= 4 is 17.3 Å². The number of aliphatic hydroxyl groups is 1. The zero-order valence-electron chi connectivity index (χ0n) is 9.74. The molecule has 1 aromatic carbocycles. The topological polar surface area (TPSA) is 73.7 Å². The molecule has 96 valence electrons. The lowest BCUT2D eigenvalue weighted by Gasteiger charge is -2.13. The van der Waals surface area contributed by atoms with E-state index >= 15 is 0 Å². The van der Waals surface area contributed by atoms with Gasteiger partial charge < -0.3 is 10.4 Å². The number of carbonyl (C=O) groups excluding carboxylic acids is 1. The third kappa shape index (κ3) is 2.84. The highest BCUT2D eigenvalue weighted by atomic mass is 19.1. The van der Waals surface area contributed by atoms with Gasteiger partial charge in [0.05, 0.1) is 18.0 Å². The first kappa shape index (κ1) is 12.5. The van der Waals surface area contributed by atoms with Crippen LogP contribution in [0.25, 0.3) is 0 Å².